The van der Waals surface area contributed by atoms with E-state index in [1.165, 1.54) is 11.6 Å². The number of anilines is 1. The Hall–Kier alpha value is -2.64. The highest BCUT2D eigenvalue weighted by Gasteiger charge is 2.44. The first-order valence-corrected chi connectivity index (χ1v) is 14.3. The van der Waals surface area contributed by atoms with Gasteiger partial charge in [-0.2, -0.15) is 0 Å². The van der Waals surface area contributed by atoms with Crippen LogP contribution in [0.3, 0.4) is 0 Å². The van der Waals surface area contributed by atoms with Crippen LogP contribution in [0.15, 0.2) is 48.5 Å². The summed E-state index contributed by atoms with van der Waals surface area (Å²) in [6.07, 6.45) is 6.83. The van der Waals surface area contributed by atoms with E-state index in [0.29, 0.717) is 51.3 Å². The van der Waals surface area contributed by atoms with Crippen LogP contribution in [0.5, 0.6) is 5.75 Å². The summed E-state index contributed by atoms with van der Waals surface area (Å²) in [5.74, 6) is 0.975. The van der Waals surface area contributed by atoms with Gasteiger partial charge in [0.2, 0.25) is 5.91 Å². The molecule has 0 bridgehead atoms. The molecule has 1 N–H and O–H groups in total. The van der Waals surface area contributed by atoms with Crippen LogP contribution >= 0.6 is 0 Å². The number of aryl methyl sites for hydroxylation is 1. The molecule has 0 unspecified atom stereocenters. The number of hydrogen-bond donors (Lipinski definition) is 1. The smallest absolute Gasteiger partial charge is 0.228 e. The number of piperidine rings is 2. The van der Waals surface area contributed by atoms with Gasteiger partial charge in [0.1, 0.15) is 18.2 Å². The molecule has 2 saturated heterocycles. The molecule has 0 atom stereocenters. The molecule has 0 aliphatic carbocycles. The molecular weight excluding hydrogens is 481 g/mol. The fraction of sp³-hybridized carbons (Fsp3) is 0.581. The highest BCUT2D eigenvalue weighted by Crippen LogP contribution is 2.40. The van der Waals surface area contributed by atoms with Crippen LogP contribution in [0, 0.1) is 11.2 Å². The SMILES string of the molecule is CN1CCOc2ccccc2CCCCC2(CCN(CC3(O)CCN(c4ccccc4F)CC3)CC2)C1=O. The van der Waals surface area contributed by atoms with Gasteiger partial charge in [0.25, 0.3) is 0 Å². The molecule has 5 rings (SSSR count). The first kappa shape index (κ1) is 26.9. The van der Waals surface area contributed by atoms with Crippen LogP contribution in [0.2, 0.25) is 0 Å². The van der Waals surface area contributed by atoms with Crippen molar-refractivity contribution in [1.29, 1.82) is 0 Å². The number of hydrogen-bond acceptors (Lipinski definition) is 5. The first-order chi connectivity index (χ1) is 18.4. The van der Waals surface area contributed by atoms with Crippen molar-refractivity contribution in [3.63, 3.8) is 0 Å². The van der Waals surface area contributed by atoms with E-state index in [9.17, 15) is 14.3 Å². The lowest BCUT2D eigenvalue weighted by Gasteiger charge is -2.46. The highest BCUT2D eigenvalue weighted by atomic mass is 19.1. The summed E-state index contributed by atoms with van der Waals surface area (Å²) in [5, 5.41) is 11.4. The lowest BCUT2D eigenvalue weighted by atomic mass is 9.72. The van der Waals surface area contributed by atoms with Gasteiger partial charge in [0.05, 0.1) is 23.2 Å². The van der Waals surface area contributed by atoms with Crippen LogP contribution in [0.4, 0.5) is 10.1 Å². The Morgan fingerprint density at radius 1 is 0.895 bits per heavy atom. The van der Waals surface area contributed by atoms with Crippen LogP contribution in [-0.2, 0) is 11.2 Å². The summed E-state index contributed by atoms with van der Waals surface area (Å²) in [6.45, 7) is 4.61. The molecule has 3 heterocycles. The Morgan fingerprint density at radius 3 is 2.37 bits per heavy atom. The van der Waals surface area contributed by atoms with Gasteiger partial charge >= 0.3 is 0 Å². The molecule has 206 valence electrons. The van der Waals surface area contributed by atoms with E-state index >= 15 is 0 Å². The minimum Gasteiger partial charge on any atom is -0.491 e. The van der Waals surface area contributed by atoms with Crippen molar-refractivity contribution in [2.75, 3.05) is 57.8 Å². The third kappa shape index (κ3) is 5.99. The van der Waals surface area contributed by atoms with E-state index in [2.05, 4.69) is 17.0 Å². The molecule has 0 saturated carbocycles. The number of benzene rings is 2. The summed E-state index contributed by atoms with van der Waals surface area (Å²) in [6, 6.07) is 15.1. The van der Waals surface area contributed by atoms with E-state index in [0.717, 1.165) is 57.4 Å². The molecule has 2 aromatic carbocycles. The standard InChI is InChI=1S/C31H42FN3O3/c1-33-22-23-38-28-12-5-2-8-25(28)9-6-7-13-30(29(33)36)14-18-34(19-15-30)24-31(37)16-20-35(21-17-31)27-11-4-3-10-26(27)32/h2-5,8,10-12,37H,6-7,9,13-24H2,1H3. The Kier molecular flexibility index (Phi) is 8.24. The van der Waals surface area contributed by atoms with Gasteiger partial charge in [-0.1, -0.05) is 36.8 Å². The second-order valence-electron chi connectivity index (χ2n) is 11.6. The van der Waals surface area contributed by atoms with E-state index < -0.39 is 5.60 Å². The number of para-hydroxylation sites is 2. The van der Waals surface area contributed by atoms with Crippen molar-refractivity contribution in [3.05, 3.63) is 59.9 Å². The molecule has 6 nitrogen and oxygen atoms in total. The van der Waals surface area contributed by atoms with E-state index in [1.54, 1.807) is 6.07 Å². The fourth-order valence-corrected chi connectivity index (χ4v) is 6.59. The summed E-state index contributed by atoms with van der Waals surface area (Å²) in [4.78, 5) is 20.0. The molecule has 1 spiro atoms. The maximum atomic E-state index is 14.2. The predicted octanol–water partition coefficient (Wildman–Crippen LogP) is 4.50. The molecule has 0 aromatic heterocycles. The zero-order chi connectivity index (χ0) is 26.6. The third-order valence-corrected chi connectivity index (χ3v) is 9.03. The van der Waals surface area contributed by atoms with Crippen molar-refractivity contribution in [1.82, 2.24) is 9.80 Å². The van der Waals surface area contributed by atoms with Gasteiger partial charge in [0.15, 0.2) is 0 Å². The Bertz CT molecular complexity index is 1090. The Labute approximate surface area is 226 Å². The Balaban J connectivity index is 1.18. The number of amides is 1. The largest absolute Gasteiger partial charge is 0.491 e. The lowest BCUT2D eigenvalue weighted by molar-refractivity contribution is -0.145. The minimum atomic E-state index is -0.774. The van der Waals surface area contributed by atoms with Gasteiger partial charge < -0.3 is 24.5 Å². The number of β-amino-alcohol motifs (C(OH)–C–C–N with tert-alkyl or cyclic N) is 1. The number of halogens is 1. The predicted molar refractivity (Wildman–Crippen MR) is 148 cm³/mol. The highest BCUT2D eigenvalue weighted by molar-refractivity contribution is 5.82. The number of rotatable bonds is 3. The molecule has 0 radical (unpaired) electrons. The number of carbonyl (C=O) groups is 1. The molecule has 3 aliphatic rings. The average Bonchev–Trinajstić information content (AvgIpc) is 2.93. The fourth-order valence-electron chi connectivity index (χ4n) is 6.59. The van der Waals surface area contributed by atoms with Crippen LogP contribution in [0.25, 0.3) is 0 Å². The molecule has 2 aromatic rings. The zero-order valence-corrected chi connectivity index (χ0v) is 22.7. The Morgan fingerprint density at radius 2 is 1.61 bits per heavy atom. The first-order valence-electron chi connectivity index (χ1n) is 14.3. The van der Waals surface area contributed by atoms with Crippen LogP contribution in [-0.4, -0.2) is 79.3 Å². The van der Waals surface area contributed by atoms with Crippen molar-refractivity contribution in [2.45, 2.75) is 57.0 Å². The molecule has 38 heavy (non-hydrogen) atoms. The average molecular weight is 524 g/mol. The van der Waals surface area contributed by atoms with Gasteiger partial charge in [0, 0.05) is 26.7 Å². The number of likely N-dealkylation sites (N-methyl/N-ethyl adjacent to an activating group) is 1. The number of nitrogens with zero attached hydrogens (tertiary/aromatic N) is 3. The minimum absolute atomic E-state index is 0.207. The van der Waals surface area contributed by atoms with E-state index in [-0.39, 0.29) is 17.1 Å². The van der Waals surface area contributed by atoms with Crippen LogP contribution < -0.4 is 9.64 Å². The van der Waals surface area contributed by atoms with Crippen molar-refractivity contribution >= 4 is 11.6 Å². The van der Waals surface area contributed by atoms with Gasteiger partial charge in [-0.25, -0.2) is 4.39 Å². The van der Waals surface area contributed by atoms with Gasteiger partial charge in [-0.3, -0.25) is 4.79 Å². The maximum Gasteiger partial charge on any atom is 0.228 e. The second kappa shape index (κ2) is 11.6. The zero-order valence-electron chi connectivity index (χ0n) is 22.7. The monoisotopic (exact) mass is 523 g/mol. The molecule has 7 heteroatoms. The molecule has 1 amide bonds. The van der Waals surface area contributed by atoms with Crippen molar-refractivity contribution < 1.29 is 19.0 Å². The number of ether oxygens (including phenoxy) is 1. The maximum absolute atomic E-state index is 14.2. The number of carbonyl (C=O) groups excluding carboxylic acids is 1. The quantitative estimate of drug-likeness (QED) is 0.642. The van der Waals surface area contributed by atoms with E-state index in [1.807, 2.05) is 41.1 Å². The summed E-state index contributed by atoms with van der Waals surface area (Å²) in [5.41, 5.74) is 0.763. The topological polar surface area (TPSA) is 56.2 Å². The third-order valence-electron chi connectivity index (χ3n) is 9.03. The number of likely N-dealkylation sites (tertiary alicyclic amines) is 1. The van der Waals surface area contributed by atoms with E-state index in [4.69, 9.17) is 4.74 Å². The van der Waals surface area contributed by atoms with Crippen molar-refractivity contribution in [3.8, 4) is 5.75 Å². The lowest BCUT2D eigenvalue weighted by Crippen LogP contribution is -2.55. The molecule has 2 fully saturated rings. The van der Waals surface area contributed by atoms with Gasteiger partial charge in [-0.15, -0.1) is 0 Å². The molecular formula is C31H42FN3O3. The summed E-state index contributed by atoms with van der Waals surface area (Å²) >= 11 is 0. The summed E-state index contributed by atoms with van der Waals surface area (Å²) in [7, 11) is 1.91. The number of fused-ring (bicyclic) bond motifs is 1. The molecule has 3 aliphatic heterocycles. The van der Waals surface area contributed by atoms with Crippen LogP contribution in [0.1, 0.15) is 50.5 Å². The van der Waals surface area contributed by atoms with Gasteiger partial charge in [-0.05, 0) is 81.8 Å². The van der Waals surface area contributed by atoms with Crippen molar-refractivity contribution in [2.24, 2.45) is 5.41 Å². The summed E-state index contributed by atoms with van der Waals surface area (Å²) < 4.78 is 20.3. The second-order valence-corrected chi connectivity index (χ2v) is 11.6. The number of aliphatic hydroxyl groups is 1. The normalized spacial score (nSPS) is 22.8.